The zero-order valence-electron chi connectivity index (χ0n) is 11.9. The van der Waals surface area contributed by atoms with E-state index >= 15 is 0 Å². The van der Waals surface area contributed by atoms with Crippen molar-refractivity contribution in [2.75, 3.05) is 6.61 Å². The summed E-state index contributed by atoms with van der Waals surface area (Å²) in [6.07, 6.45) is 1.71. The molecule has 0 aromatic carbocycles. The van der Waals surface area contributed by atoms with Crippen LogP contribution >= 0.6 is 0 Å². The van der Waals surface area contributed by atoms with Gasteiger partial charge in [0.05, 0.1) is 11.4 Å². The molecule has 1 aromatic rings. The third kappa shape index (κ3) is 2.74. The van der Waals surface area contributed by atoms with E-state index in [-0.39, 0.29) is 10.8 Å². The van der Waals surface area contributed by atoms with Crippen LogP contribution < -0.4 is 0 Å². The minimum Gasteiger partial charge on any atom is -0.395 e. The van der Waals surface area contributed by atoms with E-state index in [1.54, 1.807) is 0 Å². The summed E-state index contributed by atoms with van der Waals surface area (Å²) in [5, 5.41) is 8.27. The molecule has 1 aliphatic rings. The predicted octanol–water partition coefficient (Wildman–Crippen LogP) is 3.32. The lowest BCUT2D eigenvalue weighted by Gasteiger charge is -2.21. The van der Waals surface area contributed by atoms with Gasteiger partial charge in [0.25, 0.3) is 0 Å². The smallest absolute Gasteiger partial charge is 0.137 e. The molecule has 0 bridgehead atoms. The average Bonchev–Trinajstić information content (AvgIpc) is 2.83. The van der Waals surface area contributed by atoms with Gasteiger partial charge in [-0.2, -0.15) is 0 Å². The van der Waals surface area contributed by atoms with E-state index < -0.39 is 0 Å². The molecule has 100 valence electrons. The summed E-state index contributed by atoms with van der Waals surface area (Å²) >= 11 is 0. The molecule has 0 amide bonds. The first kappa shape index (κ1) is 13.1. The summed E-state index contributed by atoms with van der Waals surface area (Å²) in [5.41, 5.74) is 2.10. The van der Waals surface area contributed by atoms with Crippen molar-refractivity contribution >= 4 is 5.71 Å². The van der Waals surface area contributed by atoms with Crippen LogP contribution in [0.1, 0.15) is 52.5 Å². The van der Waals surface area contributed by atoms with E-state index in [1.165, 1.54) is 0 Å². The number of nitrogens with zero attached hydrogens (tertiary/aromatic N) is 2. The van der Waals surface area contributed by atoms with Gasteiger partial charge in [0.15, 0.2) is 0 Å². The molecule has 0 unspecified atom stereocenters. The fourth-order valence-corrected chi connectivity index (χ4v) is 2.06. The third-order valence-electron chi connectivity index (χ3n) is 3.33. The van der Waals surface area contributed by atoms with Crippen molar-refractivity contribution in [2.24, 2.45) is 10.6 Å². The number of hydrogen-bond acceptors (Lipinski definition) is 4. The lowest BCUT2D eigenvalue weighted by atomic mass is 9.81. The second-order valence-corrected chi connectivity index (χ2v) is 6.61. The van der Waals surface area contributed by atoms with Crippen molar-refractivity contribution in [1.82, 2.24) is 5.16 Å². The maximum atomic E-state index is 5.44. The van der Waals surface area contributed by atoms with E-state index in [0.717, 1.165) is 30.0 Å². The normalized spacial score (nSPS) is 16.6. The van der Waals surface area contributed by atoms with Crippen molar-refractivity contribution in [3.8, 4) is 0 Å². The fourth-order valence-electron chi connectivity index (χ4n) is 2.06. The second-order valence-electron chi connectivity index (χ2n) is 6.61. The van der Waals surface area contributed by atoms with Gasteiger partial charge < -0.3 is 9.36 Å². The number of rotatable bonds is 3. The Morgan fingerprint density at radius 2 is 1.94 bits per heavy atom. The van der Waals surface area contributed by atoms with E-state index in [0.29, 0.717) is 6.61 Å². The molecular formula is C14H22N2O2. The van der Waals surface area contributed by atoms with Crippen LogP contribution in [-0.2, 0) is 16.7 Å². The van der Waals surface area contributed by atoms with Gasteiger partial charge in [-0.1, -0.05) is 44.9 Å². The standard InChI is InChI=1S/C14H22N2O2/c1-13(2,3)12-8-10(18-16-12)9-14(4,5)11-6-7-17-15-11/h8H,6-7,9H2,1-5H3. The van der Waals surface area contributed by atoms with Crippen LogP contribution in [0.2, 0.25) is 0 Å². The Bertz CT molecular complexity index is 453. The van der Waals surface area contributed by atoms with Crippen LogP contribution in [0.5, 0.6) is 0 Å². The Labute approximate surface area is 108 Å². The van der Waals surface area contributed by atoms with Crippen molar-refractivity contribution < 1.29 is 9.36 Å². The van der Waals surface area contributed by atoms with E-state index in [1.807, 2.05) is 0 Å². The van der Waals surface area contributed by atoms with E-state index in [2.05, 4.69) is 51.0 Å². The van der Waals surface area contributed by atoms with Crippen LogP contribution in [0.15, 0.2) is 15.7 Å². The SMILES string of the molecule is CC(C)(Cc1cc(C(C)(C)C)no1)C1=NOCC1. The molecular weight excluding hydrogens is 228 g/mol. The summed E-state index contributed by atoms with van der Waals surface area (Å²) in [6, 6.07) is 2.05. The van der Waals surface area contributed by atoms with Gasteiger partial charge in [-0.15, -0.1) is 0 Å². The molecule has 2 heterocycles. The van der Waals surface area contributed by atoms with Gasteiger partial charge in [-0.3, -0.25) is 0 Å². The molecule has 2 rings (SSSR count). The Kier molecular flexibility index (Phi) is 3.21. The van der Waals surface area contributed by atoms with E-state index in [4.69, 9.17) is 9.36 Å². The van der Waals surface area contributed by atoms with Gasteiger partial charge in [0, 0.05) is 29.7 Å². The summed E-state index contributed by atoms with van der Waals surface area (Å²) in [4.78, 5) is 5.08. The van der Waals surface area contributed by atoms with Crippen LogP contribution in [0.25, 0.3) is 0 Å². The summed E-state index contributed by atoms with van der Waals surface area (Å²) in [5.74, 6) is 0.916. The van der Waals surface area contributed by atoms with E-state index in [9.17, 15) is 0 Å². The molecule has 0 saturated heterocycles. The highest BCUT2D eigenvalue weighted by atomic mass is 16.6. The van der Waals surface area contributed by atoms with Gasteiger partial charge in [0.2, 0.25) is 0 Å². The highest BCUT2D eigenvalue weighted by Crippen LogP contribution is 2.30. The predicted molar refractivity (Wildman–Crippen MR) is 70.7 cm³/mol. The molecule has 1 aromatic heterocycles. The topological polar surface area (TPSA) is 47.6 Å². The highest BCUT2D eigenvalue weighted by Gasteiger charge is 2.31. The molecule has 4 heteroatoms. The van der Waals surface area contributed by atoms with Crippen LogP contribution in [0.4, 0.5) is 0 Å². The lowest BCUT2D eigenvalue weighted by molar-refractivity contribution is 0.173. The molecule has 0 saturated carbocycles. The quantitative estimate of drug-likeness (QED) is 0.826. The highest BCUT2D eigenvalue weighted by molar-refractivity contribution is 5.90. The molecule has 0 spiro atoms. The summed E-state index contributed by atoms with van der Waals surface area (Å²) in [6.45, 7) is 11.4. The molecule has 0 atom stereocenters. The molecule has 0 N–H and O–H groups in total. The number of aromatic nitrogens is 1. The molecule has 0 aliphatic carbocycles. The average molecular weight is 250 g/mol. The Balaban J connectivity index is 2.11. The monoisotopic (exact) mass is 250 g/mol. The van der Waals surface area contributed by atoms with Crippen LogP contribution in [0, 0.1) is 5.41 Å². The Morgan fingerprint density at radius 3 is 2.44 bits per heavy atom. The lowest BCUT2D eigenvalue weighted by Crippen LogP contribution is -2.25. The van der Waals surface area contributed by atoms with Crippen molar-refractivity contribution in [3.05, 3.63) is 17.5 Å². The third-order valence-corrected chi connectivity index (χ3v) is 3.33. The molecule has 0 fully saturated rings. The fraction of sp³-hybridized carbons (Fsp3) is 0.714. The largest absolute Gasteiger partial charge is 0.395 e. The van der Waals surface area contributed by atoms with Crippen molar-refractivity contribution in [2.45, 2.75) is 52.9 Å². The van der Waals surface area contributed by atoms with Gasteiger partial charge in [0.1, 0.15) is 12.4 Å². The first-order chi connectivity index (χ1) is 8.29. The van der Waals surface area contributed by atoms with Gasteiger partial charge in [-0.05, 0) is 0 Å². The molecule has 18 heavy (non-hydrogen) atoms. The van der Waals surface area contributed by atoms with Crippen molar-refractivity contribution in [3.63, 3.8) is 0 Å². The first-order valence-corrected chi connectivity index (χ1v) is 6.44. The van der Waals surface area contributed by atoms with Crippen molar-refractivity contribution in [1.29, 1.82) is 0 Å². The first-order valence-electron chi connectivity index (χ1n) is 6.44. The molecule has 0 radical (unpaired) electrons. The number of hydrogen-bond donors (Lipinski definition) is 0. The van der Waals surface area contributed by atoms with Gasteiger partial charge >= 0.3 is 0 Å². The minimum atomic E-state index is -0.0365. The minimum absolute atomic E-state index is 0.0277. The number of oxime groups is 1. The summed E-state index contributed by atoms with van der Waals surface area (Å²) in [7, 11) is 0. The van der Waals surface area contributed by atoms with Gasteiger partial charge in [-0.25, -0.2) is 0 Å². The second kappa shape index (κ2) is 4.41. The maximum Gasteiger partial charge on any atom is 0.137 e. The van der Waals surface area contributed by atoms with Crippen LogP contribution in [0.3, 0.4) is 0 Å². The van der Waals surface area contributed by atoms with Crippen LogP contribution in [-0.4, -0.2) is 17.5 Å². The zero-order valence-corrected chi connectivity index (χ0v) is 11.9. The molecule has 4 nitrogen and oxygen atoms in total. The summed E-state index contributed by atoms with van der Waals surface area (Å²) < 4.78 is 5.44. The maximum absolute atomic E-state index is 5.44. The zero-order chi connectivity index (χ0) is 13.4. The molecule has 1 aliphatic heterocycles. The Morgan fingerprint density at radius 1 is 1.22 bits per heavy atom. The Hall–Kier alpha value is -1.32.